The number of carbonyl (C=O) groups is 2. The zero-order valence-corrected chi connectivity index (χ0v) is 20.2. The second-order valence-corrected chi connectivity index (χ2v) is 9.56. The van der Waals surface area contributed by atoms with Crippen molar-refractivity contribution < 1.29 is 19.1 Å². The van der Waals surface area contributed by atoms with E-state index >= 15 is 0 Å². The number of nitriles is 1. The highest BCUT2D eigenvalue weighted by atomic mass is 16.6. The summed E-state index contributed by atoms with van der Waals surface area (Å²) in [6, 6.07) is 16.7. The Bertz CT molecular complexity index is 1010. The number of carbonyl (C=O) groups excluding carboxylic acids is 2. The summed E-state index contributed by atoms with van der Waals surface area (Å²) in [4.78, 5) is 26.4. The number of ether oxygens (including phenoxy) is 2. The lowest BCUT2D eigenvalue weighted by molar-refractivity contribution is 0.0184. The van der Waals surface area contributed by atoms with E-state index in [1.54, 1.807) is 29.2 Å². The molecule has 2 amide bonds. The van der Waals surface area contributed by atoms with Gasteiger partial charge in [0.1, 0.15) is 18.0 Å². The fourth-order valence-electron chi connectivity index (χ4n) is 3.86. The van der Waals surface area contributed by atoms with Gasteiger partial charge in [-0.05, 0) is 81.8 Å². The van der Waals surface area contributed by atoms with Crippen LogP contribution >= 0.6 is 0 Å². The molecule has 1 saturated heterocycles. The molecule has 34 heavy (non-hydrogen) atoms. The first-order valence-corrected chi connectivity index (χ1v) is 11.7. The fraction of sp³-hybridized carbons (Fsp3) is 0.444. The summed E-state index contributed by atoms with van der Waals surface area (Å²) >= 11 is 0. The van der Waals surface area contributed by atoms with Crippen LogP contribution in [0.1, 0.15) is 55.1 Å². The van der Waals surface area contributed by atoms with Gasteiger partial charge in [-0.1, -0.05) is 18.2 Å². The summed E-state index contributed by atoms with van der Waals surface area (Å²) in [6.45, 7) is 7.75. The van der Waals surface area contributed by atoms with E-state index in [1.807, 2.05) is 45.0 Å². The van der Waals surface area contributed by atoms with Gasteiger partial charge in [-0.25, -0.2) is 4.79 Å². The molecule has 1 heterocycles. The average molecular weight is 464 g/mol. The molecule has 1 N–H and O–H groups in total. The molecule has 0 aliphatic carbocycles. The number of nitrogens with zero attached hydrogens (tertiary/aromatic N) is 2. The van der Waals surface area contributed by atoms with Gasteiger partial charge in [0.25, 0.3) is 5.91 Å². The van der Waals surface area contributed by atoms with Gasteiger partial charge in [-0.2, -0.15) is 5.26 Å². The Morgan fingerprint density at radius 3 is 2.47 bits per heavy atom. The van der Waals surface area contributed by atoms with Crippen molar-refractivity contribution in [2.75, 3.05) is 26.2 Å². The lowest BCUT2D eigenvalue weighted by Crippen LogP contribution is -2.42. The smallest absolute Gasteiger partial charge is 0.410 e. The first-order valence-electron chi connectivity index (χ1n) is 11.7. The van der Waals surface area contributed by atoms with E-state index in [0.717, 1.165) is 19.3 Å². The molecule has 0 bridgehead atoms. The highest BCUT2D eigenvalue weighted by molar-refractivity contribution is 5.94. The third kappa shape index (κ3) is 7.80. The summed E-state index contributed by atoms with van der Waals surface area (Å²) < 4.78 is 11.0. The van der Waals surface area contributed by atoms with Crippen LogP contribution < -0.4 is 10.1 Å². The van der Waals surface area contributed by atoms with Gasteiger partial charge in [0.15, 0.2) is 0 Å². The topological polar surface area (TPSA) is 91.7 Å². The third-order valence-corrected chi connectivity index (χ3v) is 5.63. The van der Waals surface area contributed by atoms with Crippen molar-refractivity contribution in [2.45, 2.75) is 45.6 Å². The summed E-state index contributed by atoms with van der Waals surface area (Å²) in [5, 5.41) is 11.8. The molecule has 2 aromatic carbocycles. The number of rotatable bonds is 7. The van der Waals surface area contributed by atoms with Crippen LogP contribution in [0.15, 0.2) is 48.5 Å². The van der Waals surface area contributed by atoms with Crippen LogP contribution in [0.2, 0.25) is 0 Å². The molecule has 0 atom stereocenters. The number of piperidine rings is 1. The maximum atomic E-state index is 12.4. The van der Waals surface area contributed by atoms with Crippen LogP contribution in [0.25, 0.3) is 0 Å². The van der Waals surface area contributed by atoms with E-state index in [0.29, 0.717) is 49.0 Å². The van der Waals surface area contributed by atoms with E-state index in [-0.39, 0.29) is 12.0 Å². The number of likely N-dealkylation sites (tertiary alicyclic amines) is 1. The monoisotopic (exact) mass is 463 g/mol. The highest BCUT2D eigenvalue weighted by Gasteiger charge is 2.26. The van der Waals surface area contributed by atoms with Crippen LogP contribution in [0.4, 0.5) is 4.79 Å². The molecular weight excluding hydrogens is 430 g/mol. The molecule has 1 aliphatic rings. The molecule has 0 radical (unpaired) electrons. The van der Waals surface area contributed by atoms with E-state index in [1.165, 1.54) is 5.56 Å². The second-order valence-electron chi connectivity index (χ2n) is 9.56. The minimum atomic E-state index is -0.473. The van der Waals surface area contributed by atoms with Crippen molar-refractivity contribution in [1.82, 2.24) is 10.2 Å². The Morgan fingerprint density at radius 2 is 1.82 bits per heavy atom. The quantitative estimate of drug-likeness (QED) is 0.608. The van der Waals surface area contributed by atoms with Crippen LogP contribution in [0.5, 0.6) is 5.75 Å². The van der Waals surface area contributed by atoms with Gasteiger partial charge in [-0.3, -0.25) is 4.79 Å². The zero-order valence-electron chi connectivity index (χ0n) is 20.2. The van der Waals surface area contributed by atoms with Crippen molar-refractivity contribution in [1.29, 1.82) is 5.26 Å². The molecular formula is C27H33N3O4. The Kier molecular flexibility index (Phi) is 8.53. The first-order chi connectivity index (χ1) is 16.2. The van der Waals surface area contributed by atoms with Crippen molar-refractivity contribution in [3.05, 3.63) is 65.2 Å². The summed E-state index contributed by atoms with van der Waals surface area (Å²) in [7, 11) is 0. The lowest BCUT2D eigenvalue weighted by Gasteiger charge is -2.33. The molecule has 7 heteroatoms. The number of nitrogens with one attached hydrogen (secondary N) is 1. The fourth-order valence-corrected chi connectivity index (χ4v) is 3.86. The van der Waals surface area contributed by atoms with Gasteiger partial charge in [0.05, 0.1) is 18.2 Å². The minimum absolute atomic E-state index is 0.147. The van der Waals surface area contributed by atoms with Gasteiger partial charge < -0.3 is 19.7 Å². The molecule has 1 aliphatic heterocycles. The molecule has 7 nitrogen and oxygen atoms in total. The van der Waals surface area contributed by atoms with E-state index < -0.39 is 5.60 Å². The van der Waals surface area contributed by atoms with E-state index in [9.17, 15) is 9.59 Å². The van der Waals surface area contributed by atoms with Gasteiger partial charge in [-0.15, -0.1) is 0 Å². The number of benzene rings is 2. The number of hydrogen-bond donors (Lipinski definition) is 1. The van der Waals surface area contributed by atoms with Gasteiger partial charge in [0, 0.05) is 18.7 Å². The Morgan fingerprint density at radius 1 is 1.12 bits per heavy atom. The Labute approximate surface area is 201 Å². The number of hydrogen-bond acceptors (Lipinski definition) is 5. The maximum absolute atomic E-state index is 12.4. The highest BCUT2D eigenvalue weighted by Crippen LogP contribution is 2.23. The minimum Gasteiger partial charge on any atom is -0.492 e. The summed E-state index contributed by atoms with van der Waals surface area (Å²) in [6.07, 6.45) is 2.58. The standard InChI is InChI=1S/C27H33N3O4/c1-27(2,3)34-26(32)30-14-11-21(12-15-30)17-20-7-9-23(10-8-20)25(31)29-13-16-33-24-6-4-5-22(18-24)19-28/h4-10,18,21H,11-17H2,1-3H3,(H,29,31). The number of amides is 2. The van der Waals surface area contributed by atoms with Crippen molar-refractivity contribution in [3.63, 3.8) is 0 Å². The molecule has 1 fully saturated rings. The van der Waals surface area contributed by atoms with Crippen LogP contribution in [-0.2, 0) is 11.2 Å². The van der Waals surface area contributed by atoms with Crippen molar-refractivity contribution >= 4 is 12.0 Å². The van der Waals surface area contributed by atoms with Gasteiger partial charge >= 0.3 is 6.09 Å². The van der Waals surface area contributed by atoms with Crippen LogP contribution in [0.3, 0.4) is 0 Å². The second kappa shape index (κ2) is 11.6. The predicted molar refractivity (Wildman–Crippen MR) is 130 cm³/mol. The third-order valence-electron chi connectivity index (χ3n) is 5.63. The summed E-state index contributed by atoms with van der Waals surface area (Å²) in [5.74, 6) is 0.969. The SMILES string of the molecule is CC(C)(C)OC(=O)N1CCC(Cc2ccc(C(=O)NCCOc3cccc(C#N)c3)cc2)CC1. The zero-order chi connectivity index (χ0) is 24.6. The molecule has 0 aromatic heterocycles. The maximum Gasteiger partial charge on any atom is 0.410 e. The predicted octanol–water partition coefficient (Wildman–Crippen LogP) is 4.56. The molecule has 0 unspecified atom stereocenters. The lowest BCUT2D eigenvalue weighted by atomic mass is 9.90. The van der Waals surface area contributed by atoms with E-state index in [4.69, 9.17) is 14.7 Å². The molecule has 180 valence electrons. The molecule has 0 saturated carbocycles. The largest absolute Gasteiger partial charge is 0.492 e. The van der Waals surface area contributed by atoms with Gasteiger partial charge in [0.2, 0.25) is 0 Å². The Balaban J connectivity index is 1.38. The normalized spacial score (nSPS) is 14.2. The Hall–Kier alpha value is -3.53. The van der Waals surface area contributed by atoms with Crippen LogP contribution in [0, 0.1) is 17.2 Å². The van der Waals surface area contributed by atoms with E-state index in [2.05, 4.69) is 11.4 Å². The van der Waals surface area contributed by atoms with Crippen molar-refractivity contribution in [2.24, 2.45) is 5.92 Å². The molecule has 2 aromatic rings. The molecule has 3 rings (SSSR count). The van der Waals surface area contributed by atoms with Crippen LogP contribution in [-0.4, -0.2) is 48.7 Å². The van der Waals surface area contributed by atoms with Crippen molar-refractivity contribution in [3.8, 4) is 11.8 Å². The summed E-state index contributed by atoms with van der Waals surface area (Å²) in [5.41, 5.74) is 1.86. The first kappa shape index (κ1) is 25.1. The molecule has 0 spiro atoms. The average Bonchev–Trinajstić information content (AvgIpc) is 2.81.